The molecule has 2 N–H and O–H groups in total. The second-order valence-corrected chi connectivity index (χ2v) is 11.3. The van der Waals surface area contributed by atoms with E-state index in [1.54, 1.807) is 6.08 Å². The Bertz CT molecular complexity index is 760. The zero-order valence-corrected chi connectivity index (χ0v) is 18.7. The average molecular weight is 408 g/mol. The molecule has 158 valence electrons. The molecule has 1 saturated carbocycles. The second kappa shape index (κ2) is 9.55. The maximum Gasteiger partial charge on any atom is 0.215 e. The summed E-state index contributed by atoms with van der Waals surface area (Å²) in [5.74, 6) is 0.802. The first kappa shape index (κ1) is 23.1. The summed E-state index contributed by atoms with van der Waals surface area (Å²) in [6.07, 6.45) is 9.77. The molecule has 1 aliphatic carbocycles. The van der Waals surface area contributed by atoms with E-state index >= 15 is 0 Å². The molecule has 0 aliphatic heterocycles. The number of nitrogens with one attached hydrogen (secondary N) is 1. The highest BCUT2D eigenvalue weighted by Gasteiger charge is 2.29. The molecule has 5 heteroatoms. The predicted octanol–water partition coefficient (Wildman–Crippen LogP) is 4.54. The quantitative estimate of drug-likeness (QED) is 0.529. The number of aryl methyl sites for hydroxylation is 1. The predicted molar refractivity (Wildman–Crippen MR) is 117 cm³/mol. The Hall–Kier alpha value is -1.17. The topological polar surface area (TPSA) is 66.4 Å². The van der Waals surface area contributed by atoms with E-state index < -0.39 is 15.6 Å². The van der Waals surface area contributed by atoms with Gasteiger partial charge in [-0.3, -0.25) is 0 Å². The van der Waals surface area contributed by atoms with Gasteiger partial charge >= 0.3 is 0 Å². The number of rotatable bonds is 11. The number of sulfonamides is 1. The van der Waals surface area contributed by atoms with Gasteiger partial charge in [-0.05, 0) is 48.1 Å². The van der Waals surface area contributed by atoms with Crippen LogP contribution < -0.4 is 4.72 Å². The fourth-order valence-corrected chi connectivity index (χ4v) is 4.11. The van der Waals surface area contributed by atoms with Gasteiger partial charge in [0.1, 0.15) is 5.60 Å². The third-order valence-electron chi connectivity index (χ3n) is 5.38. The summed E-state index contributed by atoms with van der Waals surface area (Å²) in [7, 11) is -3.47. The first-order chi connectivity index (χ1) is 13.0. The van der Waals surface area contributed by atoms with Crippen LogP contribution in [0.25, 0.3) is 0 Å². The monoisotopic (exact) mass is 407 g/mol. The Morgan fingerprint density at radius 2 is 1.93 bits per heavy atom. The molecule has 0 saturated heterocycles. The summed E-state index contributed by atoms with van der Waals surface area (Å²) in [5.41, 5.74) is 0.942. The maximum absolute atomic E-state index is 12.3. The van der Waals surface area contributed by atoms with E-state index in [1.165, 1.54) is 24.8 Å². The normalized spacial score (nSPS) is 17.8. The van der Waals surface area contributed by atoms with Crippen LogP contribution in [0.2, 0.25) is 0 Å². The van der Waals surface area contributed by atoms with Gasteiger partial charge in [0.2, 0.25) is 10.0 Å². The van der Waals surface area contributed by atoms with E-state index in [4.69, 9.17) is 0 Å². The molecular weight excluding hydrogens is 370 g/mol. The molecule has 0 aromatic heterocycles. The number of allylic oxidation sites excluding steroid dienone is 1. The molecule has 1 aromatic rings. The Labute approximate surface area is 171 Å². The molecule has 1 aliphatic rings. The second-order valence-electron chi connectivity index (χ2n) is 9.41. The molecule has 0 unspecified atom stereocenters. The number of aliphatic hydroxyl groups is 1. The molecule has 0 radical (unpaired) electrons. The van der Waals surface area contributed by atoms with Crippen molar-refractivity contribution in [1.29, 1.82) is 0 Å². The Balaban J connectivity index is 1.96. The fourth-order valence-electron chi connectivity index (χ4n) is 3.14. The van der Waals surface area contributed by atoms with Gasteiger partial charge in [-0.15, -0.1) is 0 Å². The van der Waals surface area contributed by atoms with Crippen LogP contribution in [0.4, 0.5) is 0 Å². The third kappa shape index (κ3) is 8.06. The summed E-state index contributed by atoms with van der Waals surface area (Å²) >= 11 is 0. The molecular formula is C23H37NO3S. The lowest BCUT2D eigenvalue weighted by Crippen LogP contribution is -2.41. The van der Waals surface area contributed by atoms with Crippen molar-refractivity contribution < 1.29 is 13.5 Å². The van der Waals surface area contributed by atoms with Gasteiger partial charge in [-0.2, -0.15) is 0 Å². The van der Waals surface area contributed by atoms with Gasteiger partial charge in [-0.1, -0.05) is 77.0 Å². The first-order valence-corrected chi connectivity index (χ1v) is 12.1. The van der Waals surface area contributed by atoms with Crippen molar-refractivity contribution in [3.05, 3.63) is 47.5 Å². The number of hydrogen-bond donors (Lipinski definition) is 2. The van der Waals surface area contributed by atoms with Crippen molar-refractivity contribution in [3.8, 4) is 0 Å². The van der Waals surface area contributed by atoms with Gasteiger partial charge in [0.05, 0.1) is 5.75 Å². The highest BCUT2D eigenvalue weighted by Crippen LogP contribution is 2.34. The zero-order valence-electron chi connectivity index (χ0n) is 17.9. The fraction of sp³-hybridized carbons (Fsp3) is 0.652. The molecule has 2 rings (SSSR count). The van der Waals surface area contributed by atoms with Crippen molar-refractivity contribution in [1.82, 2.24) is 4.72 Å². The van der Waals surface area contributed by atoms with Crippen LogP contribution >= 0.6 is 0 Å². The average Bonchev–Trinajstić information content (AvgIpc) is 3.46. The van der Waals surface area contributed by atoms with E-state index in [0.717, 1.165) is 24.3 Å². The number of hydrogen-bond acceptors (Lipinski definition) is 3. The minimum absolute atomic E-state index is 0.00891. The van der Waals surface area contributed by atoms with E-state index in [9.17, 15) is 13.5 Å². The lowest BCUT2D eigenvalue weighted by Gasteiger charge is -2.28. The lowest BCUT2D eigenvalue weighted by atomic mass is 9.89. The van der Waals surface area contributed by atoms with Gasteiger partial charge in [-0.25, -0.2) is 13.1 Å². The third-order valence-corrected chi connectivity index (χ3v) is 6.60. The zero-order chi connectivity index (χ0) is 20.8. The van der Waals surface area contributed by atoms with E-state index in [0.29, 0.717) is 6.42 Å². The van der Waals surface area contributed by atoms with Crippen molar-refractivity contribution in [2.75, 3.05) is 12.3 Å². The van der Waals surface area contributed by atoms with Gasteiger partial charge < -0.3 is 5.11 Å². The molecule has 1 atom stereocenters. The molecule has 28 heavy (non-hydrogen) atoms. The van der Waals surface area contributed by atoms with Gasteiger partial charge in [0.25, 0.3) is 0 Å². The van der Waals surface area contributed by atoms with Gasteiger partial charge in [0, 0.05) is 6.54 Å². The summed E-state index contributed by atoms with van der Waals surface area (Å²) < 4.78 is 27.3. The van der Waals surface area contributed by atoms with Crippen LogP contribution in [-0.2, 0) is 22.0 Å². The van der Waals surface area contributed by atoms with Crippen molar-refractivity contribution >= 4 is 10.0 Å². The molecule has 0 spiro atoms. The molecule has 0 bridgehead atoms. The highest BCUT2D eigenvalue weighted by atomic mass is 32.2. The molecule has 1 aromatic carbocycles. The van der Waals surface area contributed by atoms with Crippen LogP contribution in [0.5, 0.6) is 0 Å². The maximum atomic E-state index is 12.3. The largest absolute Gasteiger partial charge is 0.384 e. The van der Waals surface area contributed by atoms with Gasteiger partial charge in [0.15, 0.2) is 0 Å². The molecule has 0 amide bonds. The standard InChI is InChI=1S/C23H37NO3S/c1-5-23(25,18-24-28(26,27)16-7-6-15-22(2,3)4)21-10-8-9-20(17-21)14-13-19-11-12-19/h6-10,17,19,24-25H,5,11-16,18H2,1-4H3/b7-6+/t23-/m1/s1. The van der Waals surface area contributed by atoms with Crippen LogP contribution in [0.1, 0.15) is 70.9 Å². The van der Waals surface area contributed by atoms with E-state index in [2.05, 4.69) is 31.6 Å². The summed E-state index contributed by atoms with van der Waals surface area (Å²) in [6.45, 7) is 8.22. The van der Waals surface area contributed by atoms with Crippen molar-refractivity contribution in [3.63, 3.8) is 0 Å². The first-order valence-electron chi connectivity index (χ1n) is 10.5. The summed E-state index contributed by atoms with van der Waals surface area (Å²) in [5, 5.41) is 11.1. The molecule has 1 fully saturated rings. The number of benzene rings is 1. The SMILES string of the molecule is CC[C@@](O)(CNS(=O)(=O)C/C=C/CC(C)(C)C)c1cccc(CCC2CC2)c1. The van der Waals surface area contributed by atoms with Crippen LogP contribution in [0.15, 0.2) is 36.4 Å². The van der Waals surface area contributed by atoms with Crippen molar-refractivity contribution in [2.24, 2.45) is 11.3 Å². The van der Waals surface area contributed by atoms with Crippen LogP contribution in [0, 0.1) is 11.3 Å². The van der Waals surface area contributed by atoms with Crippen LogP contribution in [-0.4, -0.2) is 25.8 Å². The molecule has 4 nitrogen and oxygen atoms in total. The van der Waals surface area contributed by atoms with E-state index in [1.807, 2.05) is 31.2 Å². The summed E-state index contributed by atoms with van der Waals surface area (Å²) in [4.78, 5) is 0. The minimum Gasteiger partial charge on any atom is -0.384 e. The Morgan fingerprint density at radius 3 is 2.54 bits per heavy atom. The lowest BCUT2D eigenvalue weighted by molar-refractivity contribution is 0.0379. The Kier molecular flexibility index (Phi) is 7.89. The summed E-state index contributed by atoms with van der Waals surface area (Å²) in [6, 6.07) is 7.97. The smallest absolute Gasteiger partial charge is 0.215 e. The van der Waals surface area contributed by atoms with Crippen molar-refractivity contribution in [2.45, 2.75) is 71.8 Å². The highest BCUT2D eigenvalue weighted by molar-refractivity contribution is 7.89. The Morgan fingerprint density at radius 1 is 1.21 bits per heavy atom. The minimum atomic E-state index is -3.47. The van der Waals surface area contributed by atoms with Crippen LogP contribution in [0.3, 0.4) is 0 Å². The molecule has 0 heterocycles. The van der Waals surface area contributed by atoms with E-state index in [-0.39, 0.29) is 17.7 Å².